The van der Waals surface area contributed by atoms with Gasteiger partial charge < -0.3 is 5.32 Å². The van der Waals surface area contributed by atoms with Crippen molar-refractivity contribution in [2.75, 3.05) is 11.6 Å². The lowest BCUT2D eigenvalue weighted by molar-refractivity contribution is -0.115. The second kappa shape index (κ2) is 6.10. The Morgan fingerprint density at radius 2 is 1.91 bits per heavy atom. The molecule has 0 saturated carbocycles. The second-order valence-electron chi connectivity index (χ2n) is 5.18. The highest BCUT2D eigenvalue weighted by molar-refractivity contribution is 7.90. The summed E-state index contributed by atoms with van der Waals surface area (Å²) < 4.78 is 23.9. The molecule has 1 N–H and O–H groups in total. The van der Waals surface area contributed by atoms with Gasteiger partial charge >= 0.3 is 0 Å². The Labute approximate surface area is 137 Å². The smallest absolute Gasteiger partial charge is 0.228 e. The number of carbonyl (C=O) groups is 1. The lowest BCUT2D eigenvalue weighted by Gasteiger charge is -2.06. The first-order valence-corrected chi connectivity index (χ1v) is 9.61. The molecule has 0 unspecified atom stereocenters. The molecule has 3 aromatic rings. The predicted octanol–water partition coefficient (Wildman–Crippen LogP) is 2.88. The van der Waals surface area contributed by atoms with Gasteiger partial charge in [-0.15, -0.1) is 11.3 Å². The number of aromatic nitrogens is 1. The summed E-state index contributed by atoms with van der Waals surface area (Å²) in [6, 6.07) is 11.9. The Bertz CT molecular complexity index is 960. The van der Waals surface area contributed by atoms with E-state index < -0.39 is 9.84 Å². The fourth-order valence-corrected chi connectivity index (χ4v) is 3.47. The van der Waals surface area contributed by atoms with Crippen LogP contribution in [0.15, 0.2) is 52.9 Å². The van der Waals surface area contributed by atoms with E-state index in [1.807, 2.05) is 18.2 Å². The van der Waals surface area contributed by atoms with Gasteiger partial charge in [0.05, 0.1) is 27.0 Å². The van der Waals surface area contributed by atoms with E-state index in [1.54, 1.807) is 29.0 Å². The third kappa shape index (κ3) is 3.75. The van der Waals surface area contributed by atoms with E-state index in [-0.39, 0.29) is 17.2 Å². The van der Waals surface area contributed by atoms with Crippen molar-refractivity contribution in [2.45, 2.75) is 11.3 Å². The van der Waals surface area contributed by atoms with E-state index in [0.717, 1.165) is 22.0 Å². The Kier molecular flexibility index (Phi) is 4.14. The molecule has 0 atom stereocenters. The Morgan fingerprint density at radius 1 is 1.17 bits per heavy atom. The normalized spacial score (nSPS) is 11.5. The van der Waals surface area contributed by atoms with Gasteiger partial charge in [0.25, 0.3) is 0 Å². The van der Waals surface area contributed by atoms with Crippen molar-refractivity contribution in [1.82, 2.24) is 4.98 Å². The minimum Gasteiger partial charge on any atom is -0.326 e. The first kappa shape index (κ1) is 15.6. The predicted molar refractivity (Wildman–Crippen MR) is 91.5 cm³/mol. The number of hydrogen-bond donors (Lipinski definition) is 1. The van der Waals surface area contributed by atoms with Crippen LogP contribution >= 0.6 is 11.3 Å². The van der Waals surface area contributed by atoms with E-state index >= 15 is 0 Å². The molecule has 0 aliphatic rings. The number of hydrogen-bond acceptors (Lipinski definition) is 5. The molecule has 0 spiro atoms. The molecule has 0 radical (unpaired) electrons. The fraction of sp³-hybridized carbons (Fsp3) is 0.125. The third-order valence-electron chi connectivity index (χ3n) is 3.33. The van der Waals surface area contributed by atoms with Crippen LogP contribution in [-0.4, -0.2) is 25.6 Å². The van der Waals surface area contributed by atoms with Gasteiger partial charge in [-0.2, -0.15) is 0 Å². The molecule has 1 aromatic heterocycles. The molecule has 1 heterocycles. The summed E-state index contributed by atoms with van der Waals surface area (Å²) in [4.78, 5) is 16.6. The zero-order valence-electron chi connectivity index (χ0n) is 12.3. The molecule has 0 bridgehead atoms. The van der Waals surface area contributed by atoms with Crippen molar-refractivity contribution in [3.05, 3.63) is 53.5 Å². The summed E-state index contributed by atoms with van der Waals surface area (Å²) in [6.45, 7) is 0. The molecule has 3 rings (SSSR count). The van der Waals surface area contributed by atoms with E-state index in [1.165, 1.54) is 12.1 Å². The van der Waals surface area contributed by atoms with Gasteiger partial charge in [-0.3, -0.25) is 4.79 Å². The zero-order valence-corrected chi connectivity index (χ0v) is 13.9. The maximum Gasteiger partial charge on any atom is 0.228 e. The van der Waals surface area contributed by atoms with Crippen molar-refractivity contribution in [3.63, 3.8) is 0 Å². The van der Waals surface area contributed by atoms with Crippen LogP contribution in [0.2, 0.25) is 0 Å². The van der Waals surface area contributed by atoms with Gasteiger partial charge in [0, 0.05) is 11.9 Å². The lowest BCUT2D eigenvalue weighted by Crippen LogP contribution is -2.14. The Balaban J connectivity index is 1.69. The molecule has 5 nitrogen and oxygen atoms in total. The number of rotatable bonds is 4. The number of amides is 1. The molecule has 0 saturated heterocycles. The summed E-state index contributed by atoms with van der Waals surface area (Å²) in [5, 5.41) is 2.82. The summed E-state index contributed by atoms with van der Waals surface area (Å²) in [7, 11) is -3.22. The van der Waals surface area contributed by atoms with Crippen molar-refractivity contribution >= 4 is 43.0 Å². The lowest BCUT2D eigenvalue weighted by atomic mass is 10.1. The van der Waals surface area contributed by atoms with Crippen LogP contribution < -0.4 is 5.32 Å². The summed E-state index contributed by atoms with van der Waals surface area (Å²) in [5.41, 5.74) is 4.07. The Hall–Kier alpha value is -2.25. The molecule has 23 heavy (non-hydrogen) atoms. The number of thiazole rings is 1. The van der Waals surface area contributed by atoms with Crippen LogP contribution in [0.5, 0.6) is 0 Å². The van der Waals surface area contributed by atoms with E-state index in [0.29, 0.717) is 5.69 Å². The largest absolute Gasteiger partial charge is 0.326 e. The number of sulfone groups is 1. The molecular formula is C16H14N2O3S2. The molecule has 7 heteroatoms. The van der Waals surface area contributed by atoms with Gasteiger partial charge in [-0.25, -0.2) is 13.4 Å². The monoisotopic (exact) mass is 346 g/mol. The minimum atomic E-state index is -3.22. The van der Waals surface area contributed by atoms with Crippen molar-refractivity contribution in [3.8, 4) is 0 Å². The maximum atomic E-state index is 12.1. The van der Waals surface area contributed by atoms with Crippen LogP contribution in [0.3, 0.4) is 0 Å². The quantitative estimate of drug-likeness (QED) is 0.788. The van der Waals surface area contributed by atoms with Crippen molar-refractivity contribution < 1.29 is 13.2 Å². The van der Waals surface area contributed by atoms with Crippen molar-refractivity contribution in [2.24, 2.45) is 0 Å². The van der Waals surface area contributed by atoms with Crippen LogP contribution in [-0.2, 0) is 21.1 Å². The number of fused-ring (bicyclic) bond motifs is 1. The average Bonchev–Trinajstić information content (AvgIpc) is 2.94. The summed E-state index contributed by atoms with van der Waals surface area (Å²) >= 11 is 1.55. The van der Waals surface area contributed by atoms with Crippen LogP contribution in [0.25, 0.3) is 10.2 Å². The topological polar surface area (TPSA) is 76.1 Å². The molecule has 0 aliphatic carbocycles. The highest BCUT2D eigenvalue weighted by atomic mass is 32.2. The highest BCUT2D eigenvalue weighted by Gasteiger charge is 2.09. The Morgan fingerprint density at radius 3 is 2.61 bits per heavy atom. The standard InChI is InChI=1S/C16H14N2O3S2/c1-23(20,21)13-5-2-11(3-6-13)8-16(19)18-12-4-7-15-14(9-12)17-10-22-15/h2-7,9-10H,8H2,1H3,(H,18,19). The number of nitrogens with zero attached hydrogens (tertiary/aromatic N) is 1. The van der Waals surface area contributed by atoms with E-state index in [2.05, 4.69) is 10.3 Å². The summed E-state index contributed by atoms with van der Waals surface area (Å²) in [5.74, 6) is -0.160. The number of carbonyl (C=O) groups excluding carboxylic acids is 1. The molecule has 1 amide bonds. The van der Waals surface area contributed by atoms with Gasteiger partial charge in [0.1, 0.15) is 0 Å². The van der Waals surface area contributed by atoms with Gasteiger partial charge in [0.15, 0.2) is 9.84 Å². The SMILES string of the molecule is CS(=O)(=O)c1ccc(CC(=O)Nc2ccc3scnc3c2)cc1. The van der Waals surface area contributed by atoms with Crippen molar-refractivity contribution in [1.29, 1.82) is 0 Å². The van der Waals surface area contributed by atoms with Gasteiger partial charge in [-0.1, -0.05) is 12.1 Å². The van der Waals surface area contributed by atoms with Crippen LogP contribution in [0, 0.1) is 0 Å². The van der Waals surface area contributed by atoms with Gasteiger partial charge in [-0.05, 0) is 35.9 Å². The number of benzene rings is 2. The molecule has 2 aromatic carbocycles. The minimum absolute atomic E-state index is 0.160. The third-order valence-corrected chi connectivity index (χ3v) is 5.27. The van der Waals surface area contributed by atoms with Crippen LogP contribution in [0.4, 0.5) is 5.69 Å². The van der Waals surface area contributed by atoms with Gasteiger partial charge in [0.2, 0.25) is 5.91 Å². The fourth-order valence-electron chi connectivity index (χ4n) is 2.18. The maximum absolute atomic E-state index is 12.1. The zero-order chi connectivity index (χ0) is 16.4. The molecular weight excluding hydrogens is 332 g/mol. The second-order valence-corrected chi connectivity index (χ2v) is 8.08. The molecule has 118 valence electrons. The first-order chi connectivity index (χ1) is 10.9. The van der Waals surface area contributed by atoms with E-state index in [4.69, 9.17) is 0 Å². The summed E-state index contributed by atoms with van der Waals surface area (Å²) in [6.07, 6.45) is 1.34. The van der Waals surface area contributed by atoms with Crippen LogP contribution in [0.1, 0.15) is 5.56 Å². The number of nitrogens with one attached hydrogen (secondary N) is 1. The number of anilines is 1. The molecule has 0 aliphatic heterocycles. The molecule has 0 fully saturated rings. The average molecular weight is 346 g/mol. The highest BCUT2D eigenvalue weighted by Crippen LogP contribution is 2.21. The van der Waals surface area contributed by atoms with E-state index in [9.17, 15) is 13.2 Å². The first-order valence-electron chi connectivity index (χ1n) is 6.84.